The molecule has 0 spiro atoms. The van der Waals surface area contributed by atoms with E-state index >= 15 is 0 Å². The predicted molar refractivity (Wildman–Crippen MR) is 118 cm³/mol. The normalized spacial score (nSPS) is 16.5. The van der Waals surface area contributed by atoms with Crippen molar-refractivity contribution in [2.45, 2.75) is 25.8 Å². The first kappa shape index (κ1) is 21.4. The van der Waals surface area contributed by atoms with Gasteiger partial charge in [0.2, 0.25) is 5.88 Å². The third-order valence-corrected chi connectivity index (χ3v) is 5.91. The zero-order chi connectivity index (χ0) is 21.6. The molecule has 3 amide bonds. The maximum atomic E-state index is 12.8. The molecular weight excluding hydrogens is 416 g/mol. The summed E-state index contributed by atoms with van der Waals surface area (Å²) in [4.78, 5) is 33.2. The van der Waals surface area contributed by atoms with Gasteiger partial charge in [0.15, 0.2) is 0 Å². The number of halogens is 1. The molecule has 2 aromatic rings. The molecule has 1 aromatic carbocycles. The van der Waals surface area contributed by atoms with Crippen molar-refractivity contribution in [1.82, 2.24) is 20.1 Å². The highest BCUT2D eigenvalue weighted by Crippen LogP contribution is 2.29. The highest BCUT2D eigenvalue weighted by atomic mass is 35.5. The van der Waals surface area contributed by atoms with E-state index in [2.05, 4.69) is 10.3 Å². The van der Waals surface area contributed by atoms with Crippen molar-refractivity contribution < 1.29 is 14.3 Å². The van der Waals surface area contributed by atoms with Gasteiger partial charge in [0.25, 0.3) is 5.91 Å². The quantitative estimate of drug-likeness (QED) is 0.742. The highest BCUT2D eigenvalue weighted by molar-refractivity contribution is 6.33. The van der Waals surface area contributed by atoms with Crippen molar-refractivity contribution in [2.75, 3.05) is 32.8 Å². The van der Waals surface area contributed by atoms with Crippen molar-refractivity contribution in [2.24, 2.45) is 5.92 Å². The number of urea groups is 1. The van der Waals surface area contributed by atoms with Crippen molar-refractivity contribution in [3.8, 4) is 5.88 Å². The molecule has 4 rings (SSSR count). The lowest BCUT2D eigenvalue weighted by molar-refractivity contribution is 0.0762. The molecule has 1 aromatic heterocycles. The lowest BCUT2D eigenvalue weighted by Gasteiger charge is -2.23. The van der Waals surface area contributed by atoms with Gasteiger partial charge in [-0.2, -0.15) is 0 Å². The Kier molecular flexibility index (Phi) is 6.92. The first-order valence-corrected chi connectivity index (χ1v) is 11.1. The van der Waals surface area contributed by atoms with Crippen LogP contribution in [0.3, 0.4) is 0 Å². The minimum Gasteiger partial charge on any atom is -0.477 e. The fraction of sp³-hybridized carbons (Fsp3) is 0.435. The monoisotopic (exact) mass is 442 g/mol. The molecular formula is C23H27ClN4O3. The molecule has 1 N–H and O–H groups in total. The van der Waals surface area contributed by atoms with Gasteiger partial charge in [-0.3, -0.25) is 4.79 Å². The van der Waals surface area contributed by atoms with Crippen LogP contribution in [0.1, 0.15) is 35.2 Å². The zero-order valence-corrected chi connectivity index (χ0v) is 18.2. The summed E-state index contributed by atoms with van der Waals surface area (Å²) in [6, 6.07) is 10.7. The van der Waals surface area contributed by atoms with Crippen LogP contribution in [0.15, 0.2) is 42.6 Å². The van der Waals surface area contributed by atoms with Crippen LogP contribution in [-0.4, -0.2) is 59.5 Å². The number of nitrogens with one attached hydrogen (secondary N) is 1. The number of hydrogen-bond donors (Lipinski definition) is 1. The molecule has 0 unspecified atom stereocenters. The summed E-state index contributed by atoms with van der Waals surface area (Å²) in [6.07, 6.45) is 4.94. The van der Waals surface area contributed by atoms with Gasteiger partial charge in [0.05, 0.1) is 17.2 Å². The summed E-state index contributed by atoms with van der Waals surface area (Å²) in [5.41, 5.74) is 1.41. The second kappa shape index (κ2) is 10.0. The Balaban J connectivity index is 1.24. The topological polar surface area (TPSA) is 74.8 Å². The molecule has 164 valence electrons. The van der Waals surface area contributed by atoms with Gasteiger partial charge in [0.1, 0.15) is 0 Å². The summed E-state index contributed by atoms with van der Waals surface area (Å²) in [5.74, 6) is 1.21. The number of amides is 3. The Morgan fingerprint density at radius 1 is 1.06 bits per heavy atom. The Labute approximate surface area is 187 Å². The summed E-state index contributed by atoms with van der Waals surface area (Å²) >= 11 is 6.17. The number of rotatable bonds is 6. The molecule has 2 fully saturated rings. The summed E-state index contributed by atoms with van der Waals surface area (Å²) in [7, 11) is 0. The van der Waals surface area contributed by atoms with E-state index in [1.165, 1.54) is 12.8 Å². The van der Waals surface area contributed by atoms with E-state index in [1.54, 1.807) is 40.3 Å². The third kappa shape index (κ3) is 5.88. The van der Waals surface area contributed by atoms with Gasteiger partial charge in [-0.1, -0.05) is 29.8 Å². The Hall–Kier alpha value is -2.80. The Morgan fingerprint density at radius 2 is 1.84 bits per heavy atom. The van der Waals surface area contributed by atoms with E-state index in [9.17, 15) is 9.59 Å². The number of aromatic nitrogens is 1. The van der Waals surface area contributed by atoms with Gasteiger partial charge >= 0.3 is 6.03 Å². The summed E-state index contributed by atoms with van der Waals surface area (Å²) < 4.78 is 5.64. The van der Waals surface area contributed by atoms with E-state index in [-0.39, 0.29) is 11.9 Å². The van der Waals surface area contributed by atoms with Crippen LogP contribution < -0.4 is 10.1 Å². The van der Waals surface area contributed by atoms with Crippen LogP contribution >= 0.6 is 11.6 Å². The molecule has 2 heterocycles. The number of benzene rings is 1. The van der Waals surface area contributed by atoms with Crippen LogP contribution in [0.25, 0.3) is 0 Å². The van der Waals surface area contributed by atoms with Crippen molar-refractivity contribution in [3.63, 3.8) is 0 Å². The van der Waals surface area contributed by atoms with E-state index in [0.717, 1.165) is 18.6 Å². The molecule has 1 aliphatic heterocycles. The molecule has 0 radical (unpaired) electrons. The summed E-state index contributed by atoms with van der Waals surface area (Å²) in [5, 5.41) is 3.39. The third-order valence-electron chi connectivity index (χ3n) is 5.58. The van der Waals surface area contributed by atoms with Crippen molar-refractivity contribution in [1.29, 1.82) is 0 Å². The van der Waals surface area contributed by atoms with Crippen LogP contribution in [0.2, 0.25) is 5.02 Å². The van der Waals surface area contributed by atoms with Gasteiger partial charge in [-0.05, 0) is 42.9 Å². The standard InChI is InChI=1S/C23H27ClN4O3/c24-20-5-2-1-4-19(20)22(29)27-10-3-11-28(13-12-27)23(30)26-15-18-8-9-21(25-14-18)31-16-17-6-7-17/h1-2,4-5,8-9,14,17H,3,6-7,10-13,15-16H2,(H,26,30). The summed E-state index contributed by atoms with van der Waals surface area (Å²) in [6.45, 7) is 3.28. The molecule has 2 aliphatic rings. The van der Waals surface area contributed by atoms with E-state index in [1.807, 2.05) is 12.1 Å². The molecule has 0 bridgehead atoms. The molecule has 1 aliphatic carbocycles. The highest BCUT2D eigenvalue weighted by Gasteiger charge is 2.24. The van der Waals surface area contributed by atoms with E-state index in [0.29, 0.717) is 55.1 Å². The molecule has 0 atom stereocenters. The van der Waals surface area contributed by atoms with Crippen molar-refractivity contribution >= 4 is 23.5 Å². The SMILES string of the molecule is O=C(NCc1ccc(OCC2CC2)nc1)N1CCCN(C(=O)c2ccccc2Cl)CC1. The fourth-order valence-electron chi connectivity index (χ4n) is 3.51. The number of hydrogen-bond acceptors (Lipinski definition) is 4. The maximum Gasteiger partial charge on any atom is 0.317 e. The van der Waals surface area contributed by atoms with Crippen LogP contribution in [0, 0.1) is 5.92 Å². The Bertz CT molecular complexity index is 917. The van der Waals surface area contributed by atoms with Crippen LogP contribution in [0.5, 0.6) is 5.88 Å². The van der Waals surface area contributed by atoms with Gasteiger partial charge in [-0.25, -0.2) is 9.78 Å². The fourth-order valence-corrected chi connectivity index (χ4v) is 3.72. The van der Waals surface area contributed by atoms with Gasteiger partial charge in [0, 0.05) is 45.0 Å². The number of pyridine rings is 1. The molecule has 8 heteroatoms. The predicted octanol–water partition coefficient (Wildman–Crippen LogP) is 3.58. The van der Waals surface area contributed by atoms with E-state index < -0.39 is 0 Å². The number of carbonyl (C=O) groups is 2. The van der Waals surface area contributed by atoms with Crippen molar-refractivity contribution in [3.05, 3.63) is 58.7 Å². The minimum atomic E-state index is -0.138. The average molecular weight is 443 g/mol. The second-order valence-electron chi connectivity index (χ2n) is 8.03. The average Bonchev–Trinajstić information content (AvgIpc) is 3.63. The number of nitrogens with zero attached hydrogens (tertiary/aromatic N) is 3. The maximum absolute atomic E-state index is 12.8. The number of carbonyl (C=O) groups excluding carboxylic acids is 2. The molecule has 7 nitrogen and oxygen atoms in total. The smallest absolute Gasteiger partial charge is 0.317 e. The zero-order valence-electron chi connectivity index (χ0n) is 17.4. The van der Waals surface area contributed by atoms with Gasteiger partial charge < -0.3 is 19.9 Å². The minimum absolute atomic E-state index is 0.0945. The van der Waals surface area contributed by atoms with Crippen LogP contribution in [-0.2, 0) is 6.54 Å². The largest absolute Gasteiger partial charge is 0.477 e. The molecule has 1 saturated heterocycles. The van der Waals surface area contributed by atoms with Gasteiger partial charge in [-0.15, -0.1) is 0 Å². The molecule has 31 heavy (non-hydrogen) atoms. The first-order chi connectivity index (χ1) is 15.1. The second-order valence-corrected chi connectivity index (χ2v) is 8.44. The Morgan fingerprint density at radius 3 is 2.58 bits per heavy atom. The van der Waals surface area contributed by atoms with E-state index in [4.69, 9.17) is 16.3 Å². The van der Waals surface area contributed by atoms with Crippen LogP contribution in [0.4, 0.5) is 4.79 Å². The molecule has 1 saturated carbocycles. The lowest BCUT2D eigenvalue weighted by atomic mass is 10.2. The first-order valence-electron chi connectivity index (χ1n) is 10.7. The number of ether oxygens (including phenoxy) is 1. The lowest BCUT2D eigenvalue weighted by Crippen LogP contribution is -2.42.